The maximum Gasteiger partial charge on any atom is 0.335 e. The Morgan fingerprint density at radius 3 is 2.62 bits per heavy atom. The zero-order chi connectivity index (χ0) is 16.1. The number of carboxylic acids is 1. The third-order valence-corrected chi connectivity index (χ3v) is 4.08. The number of carboxylic acid groups (broad SMARTS) is 1. The van der Waals surface area contributed by atoms with Crippen molar-refractivity contribution < 1.29 is 23.1 Å². The second-order valence-corrected chi connectivity index (χ2v) is 7.09. The molecule has 21 heavy (non-hydrogen) atoms. The first-order chi connectivity index (χ1) is 9.65. The highest BCUT2D eigenvalue weighted by atomic mass is 32.2. The first-order valence-electron chi connectivity index (χ1n) is 6.59. The van der Waals surface area contributed by atoms with Gasteiger partial charge in [0, 0.05) is 13.2 Å². The number of aromatic carboxylic acids is 1. The average molecular weight is 315 g/mol. The van der Waals surface area contributed by atoms with E-state index in [0.717, 1.165) is 0 Å². The minimum absolute atomic E-state index is 0.0670. The molecular weight excluding hydrogens is 294 g/mol. The molecule has 0 amide bonds. The van der Waals surface area contributed by atoms with Gasteiger partial charge in [0.2, 0.25) is 10.0 Å². The molecule has 2 N–H and O–H groups in total. The van der Waals surface area contributed by atoms with Crippen molar-refractivity contribution in [1.29, 1.82) is 0 Å². The molecule has 1 aromatic carbocycles. The van der Waals surface area contributed by atoms with Gasteiger partial charge in [0.15, 0.2) is 0 Å². The average Bonchev–Trinajstić information content (AvgIpc) is 2.36. The van der Waals surface area contributed by atoms with Crippen LogP contribution in [-0.4, -0.2) is 38.2 Å². The molecule has 0 fully saturated rings. The van der Waals surface area contributed by atoms with E-state index in [-0.39, 0.29) is 17.9 Å². The lowest BCUT2D eigenvalue weighted by Gasteiger charge is -2.24. The summed E-state index contributed by atoms with van der Waals surface area (Å²) in [4.78, 5) is 10.9. The van der Waals surface area contributed by atoms with E-state index in [1.807, 2.05) is 6.92 Å². The van der Waals surface area contributed by atoms with Gasteiger partial charge in [-0.05, 0) is 38.5 Å². The number of hydrogen-bond donors (Lipinski definition) is 2. The molecule has 0 aliphatic carbocycles. The minimum Gasteiger partial charge on any atom is -0.478 e. The molecule has 0 radical (unpaired) electrons. The van der Waals surface area contributed by atoms with E-state index in [9.17, 15) is 13.2 Å². The van der Waals surface area contributed by atoms with Crippen LogP contribution in [0.5, 0.6) is 0 Å². The van der Waals surface area contributed by atoms with Crippen molar-refractivity contribution in [2.75, 3.05) is 13.2 Å². The molecule has 1 rings (SSSR count). The fourth-order valence-corrected chi connectivity index (χ4v) is 3.08. The summed E-state index contributed by atoms with van der Waals surface area (Å²) in [5.41, 5.74) is -0.0981. The van der Waals surface area contributed by atoms with E-state index in [2.05, 4.69) is 4.72 Å². The molecule has 0 bridgehead atoms. The summed E-state index contributed by atoms with van der Waals surface area (Å²) < 4.78 is 31.9. The van der Waals surface area contributed by atoms with Crippen LogP contribution in [0.1, 0.15) is 36.7 Å². The minimum atomic E-state index is -3.55. The van der Waals surface area contributed by atoms with Crippen LogP contribution in [0.15, 0.2) is 24.3 Å². The van der Waals surface area contributed by atoms with E-state index in [1.165, 1.54) is 18.2 Å². The van der Waals surface area contributed by atoms with Gasteiger partial charge in [-0.15, -0.1) is 0 Å². The summed E-state index contributed by atoms with van der Waals surface area (Å²) in [5, 5.41) is 8.90. The molecular formula is C14H21NO5S. The highest BCUT2D eigenvalue weighted by Gasteiger charge is 2.21. The van der Waals surface area contributed by atoms with Crippen molar-refractivity contribution in [2.45, 2.75) is 32.1 Å². The molecule has 0 unspecified atom stereocenters. The Kier molecular flexibility index (Phi) is 5.88. The van der Waals surface area contributed by atoms with E-state index in [0.29, 0.717) is 12.2 Å². The molecule has 0 aliphatic heterocycles. The number of hydrogen-bond acceptors (Lipinski definition) is 4. The summed E-state index contributed by atoms with van der Waals surface area (Å²) in [6.07, 6.45) is 0. The third kappa shape index (κ3) is 6.24. The highest BCUT2D eigenvalue weighted by molar-refractivity contribution is 7.88. The molecule has 0 aromatic heterocycles. The Balaban J connectivity index is 2.72. The number of carbonyl (C=O) groups is 1. The van der Waals surface area contributed by atoms with Gasteiger partial charge in [0.25, 0.3) is 0 Å². The SMILES string of the molecule is CCOC(C)(C)CNS(=O)(=O)Cc1cccc(C(=O)O)c1. The number of nitrogens with one attached hydrogen (secondary N) is 1. The number of benzene rings is 1. The Labute approximate surface area is 125 Å². The van der Waals surface area contributed by atoms with E-state index < -0.39 is 21.6 Å². The Morgan fingerprint density at radius 2 is 2.05 bits per heavy atom. The molecule has 0 saturated heterocycles. The lowest BCUT2D eigenvalue weighted by atomic mass is 10.1. The lowest BCUT2D eigenvalue weighted by Crippen LogP contribution is -2.40. The predicted molar refractivity (Wildman–Crippen MR) is 79.7 cm³/mol. The van der Waals surface area contributed by atoms with Gasteiger partial charge in [-0.1, -0.05) is 12.1 Å². The van der Waals surface area contributed by atoms with E-state index in [4.69, 9.17) is 9.84 Å². The first kappa shape index (κ1) is 17.6. The molecule has 0 atom stereocenters. The molecule has 0 aliphatic rings. The zero-order valence-corrected chi connectivity index (χ0v) is 13.2. The van der Waals surface area contributed by atoms with Gasteiger partial charge < -0.3 is 9.84 Å². The highest BCUT2D eigenvalue weighted by Crippen LogP contribution is 2.11. The summed E-state index contributed by atoms with van der Waals surface area (Å²) in [6, 6.07) is 5.89. The van der Waals surface area contributed by atoms with Crippen LogP contribution in [-0.2, 0) is 20.5 Å². The molecule has 6 nitrogen and oxygen atoms in total. The number of ether oxygens (including phenoxy) is 1. The van der Waals surface area contributed by atoms with Crippen molar-refractivity contribution in [3.8, 4) is 0 Å². The van der Waals surface area contributed by atoms with Gasteiger partial charge in [-0.25, -0.2) is 17.9 Å². The smallest absolute Gasteiger partial charge is 0.335 e. The van der Waals surface area contributed by atoms with Crippen molar-refractivity contribution in [3.05, 3.63) is 35.4 Å². The topological polar surface area (TPSA) is 92.7 Å². The van der Waals surface area contributed by atoms with Crippen molar-refractivity contribution >= 4 is 16.0 Å². The molecule has 1 aromatic rings. The predicted octanol–water partition coefficient (Wildman–Crippen LogP) is 1.62. The summed E-state index contributed by atoms with van der Waals surface area (Å²) in [7, 11) is -3.55. The van der Waals surface area contributed by atoms with E-state index in [1.54, 1.807) is 19.9 Å². The summed E-state index contributed by atoms with van der Waals surface area (Å²) in [6.45, 7) is 6.08. The molecule has 0 saturated carbocycles. The third-order valence-electron chi connectivity index (χ3n) is 2.78. The monoisotopic (exact) mass is 315 g/mol. The van der Waals surface area contributed by atoms with Crippen LogP contribution in [0.4, 0.5) is 0 Å². The van der Waals surface area contributed by atoms with Gasteiger partial charge >= 0.3 is 5.97 Å². The fourth-order valence-electron chi connectivity index (χ4n) is 1.79. The first-order valence-corrected chi connectivity index (χ1v) is 8.24. The van der Waals surface area contributed by atoms with Crippen LogP contribution >= 0.6 is 0 Å². The van der Waals surface area contributed by atoms with Crippen LogP contribution in [0.25, 0.3) is 0 Å². The maximum absolute atomic E-state index is 12.0. The van der Waals surface area contributed by atoms with Crippen molar-refractivity contribution in [3.63, 3.8) is 0 Å². The second kappa shape index (κ2) is 7.02. The van der Waals surface area contributed by atoms with Gasteiger partial charge in [-0.3, -0.25) is 0 Å². The number of sulfonamides is 1. The molecule has 7 heteroatoms. The quantitative estimate of drug-likeness (QED) is 0.760. The van der Waals surface area contributed by atoms with Crippen molar-refractivity contribution in [1.82, 2.24) is 4.72 Å². The standard InChI is InChI=1S/C14H21NO5S/c1-4-20-14(2,3)10-15-21(18,19)9-11-6-5-7-12(8-11)13(16)17/h5-8,15H,4,9-10H2,1-3H3,(H,16,17). The normalized spacial score (nSPS) is 12.3. The molecule has 0 heterocycles. The second-order valence-electron chi connectivity index (χ2n) is 5.28. The maximum atomic E-state index is 12.0. The fraction of sp³-hybridized carbons (Fsp3) is 0.500. The van der Waals surface area contributed by atoms with Crippen molar-refractivity contribution in [2.24, 2.45) is 0 Å². The van der Waals surface area contributed by atoms with Crippen LogP contribution < -0.4 is 4.72 Å². The molecule has 118 valence electrons. The largest absolute Gasteiger partial charge is 0.478 e. The Morgan fingerprint density at radius 1 is 1.38 bits per heavy atom. The van der Waals surface area contributed by atoms with E-state index >= 15 is 0 Å². The lowest BCUT2D eigenvalue weighted by molar-refractivity contribution is -0.00516. The Hall–Kier alpha value is -1.44. The molecule has 0 spiro atoms. The summed E-state index contributed by atoms with van der Waals surface area (Å²) >= 11 is 0. The van der Waals surface area contributed by atoms with Crippen LogP contribution in [0.3, 0.4) is 0 Å². The zero-order valence-electron chi connectivity index (χ0n) is 12.4. The van der Waals surface area contributed by atoms with Crippen LogP contribution in [0.2, 0.25) is 0 Å². The van der Waals surface area contributed by atoms with Gasteiger partial charge in [0.05, 0.1) is 16.9 Å². The summed E-state index contributed by atoms with van der Waals surface area (Å²) in [5.74, 6) is -1.35. The van der Waals surface area contributed by atoms with Gasteiger partial charge in [0.1, 0.15) is 0 Å². The Bertz CT molecular complexity index is 595. The number of rotatable bonds is 8. The van der Waals surface area contributed by atoms with Crippen LogP contribution in [0, 0.1) is 0 Å². The van der Waals surface area contributed by atoms with Gasteiger partial charge in [-0.2, -0.15) is 0 Å².